The lowest BCUT2D eigenvalue weighted by Gasteiger charge is -2.30. The van der Waals surface area contributed by atoms with E-state index in [9.17, 15) is 0 Å². The smallest absolute Gasteiger partial charge is 0.123 e. The summed E-state index contributed by atoms with van der Waals surface area (Å²) in [5.74, 6) is 1.74. The molecule has 2 heterocycles. The number of hydrogen-bond donors (Lipinski definition) is 1. The van der Waals surface area contributed by atoms with Crippen LogP contribution in [0.25, 0.3) is 0 Å². The number of methoxy groups -OCH3 is 1. The van der Waals surface area contributed by atoms with Gasteiger partial charge >= 0.3 is 0 Å². The third kappa shape index (κ3) is 4.80. The van der Waals surface area contributed by atoms with Crippen LogP contribution in [0.15, 0.2) is 41.8 Å². The second-order valence-corrected chi connectivity index (χ2v) is 7.31. The third-order valence-corrected chi connectivity index (χ3v) is 5.32. The fourth-order valence-corrected chi connectivity index (χ4v) is 4.07. The monoisotopic (exact) mass is 330 g/mol. The molecule has 1 aliphatic heterocycles. The molecule has 3 nitrogen and oxygen atoms in total. The molecule has 1 atom stereocenters. The number of hydrogen-bond acceptors (Lipinski definition) is 4. The van der Waals surface area contributed by atoms with E-state index in [1.807, 2.05) is 17.4 Å². The number of thiophene rings is 1. The molecule has 0 bridgehead atoms. The molecule has 1 aromatic heterocycles. The van der Waals surface area contributed by atoms with Crippen LogP contribution in [-0.4, -0.2) is 31.6 Å². The Kier molecular flexibility index (Phi) is 6.08. The number of para-hydroxylation sites is 1. The fourth-order valence-electron chi connectivity index (χ4n) is 3.33. The van der Waals surface area contributed by atoms with Gasteiger partial charge in [0.1, 0.15) is 5.75 Å². The first-order chi connectivity index (χ1) is 11.3. The van der Waals surface area contributed by atoms with Gasteiger partial charge in [-0.25, -0.2) is 0 Å². The van der Waals surface area contributed by atoms with Gasteiger partial charge in [0.25, 0.3) is 0 Å². The number of rotatable bonds is 7. The quantitative estimate of drug-likeness (QED) is 0.836. The van der Waals surface area contributed by atoms with Crippen molar-refractivity contribution in [2.45, 2.75) is 25.9 Å². The molecular weight excluding hydrogens is 304 g/mol. The van der Waals surface area contributed by atoms with E-state index in [0.29, 0.717) is 0 Å². The van der Waals surface area contributed by atoms with Gasteiger partial charge in [0, 0.05) is 30.1 Å². The first-order valence-corrected chi connectivity index (χ1v) is 9.30. The third-order valence-electron chi connectivity index (χ3n) is 4.46. The minimum Gasteiger partial charge on any atom is -0.496 e. The Morgan fingerprint density at radius 2 is 2.13 bits per heavy atom. The molecule has 0 amide bonds. The van der Waals surface area contributed by atoms with Crippen molar-refractivity contribution in [3.05, 3.63) is 52.2 Å². The maximum Gasteiger partial charge on any atom is 0.123 e. The van der Waals surface area contributed by atoms with Crippen molar-refractivity contribution in [1.82, 2.24) is 10.2 Å². The van der Waals surface area contributed by atoms with Crippen molar-refractivity contribution < 1.29 is 4.74 Å². The Bertz CT molecular complexity index is 579. The van der Waals surface area contributed by atoms with Gasteiger partial charge < -0.3 is 10.1 Å². The molecule has 1 N–H and O–H groups in total. The van der Waals surface area contributed by atoms with E-state index in [4.69, 9.17) is 4.74 Å². The summed E-state index contributed by atoms with van der Waals surface area (Å²) in [5.41, 5.74) is 1.27. The largest absolute Gasteiger partial charge is 0.496 e. The first kappa shape index (κ1) is 16.5. The molecule has 0 saturated carbocycles. The lowest BCUT2D eigenvalue weighted by atomic mass is 9.98. The van der Waals surface area contributed by atoms with Gasteiger partial charge in [0.15, 0.2) is 0 Å². The minimum absolute atomic E-state index is 0.749. The molecular formula is C19H26N2OS. The van der Waals surface area contributed by atoms with Crippen LogP contribution in [0.1, 0.15) is 23.3 Å². The molecule has 0 radical (unpaired) electrons. The summed E-state index contributed by atoms with van der Waals surface area (Å²) >= 11 is 1.85. The van der Waals surface area contributed by atoms with Crippen LogP contribution >= 0.6 is 11.3 Å². The maximum absolute atomic E-state index is 5.54. The zero-order valence-corrected chi connectivity index (χ0v) is 14.6. The lowest BCUT2D eigenvalue weighted by molar-refractivity contribution is 0.193. The van der Waals surface area contributed by atoms with E-state index in [2.05, 4.69) is 45.9 Å². The Morgan fingerprint density at radius 3 is 2.87 bits per heavy atom. The highest BCUT2D eigenvalue weighted by molar-refractivity contribution is 7.09. The van der Waals surface area contributed by atoms with E-state index >= 15 is 0 Å². The Labute approximate surface area is 143 Å². The summed E-state index contributed by atoms with van der Waals surface area (Å²) in [6, 6.07) is 12.8. The van der Waals surface area contributed by atoms with Crippen molar-refractivity contribution in [3.8, 4) is 5.75 Å². The number of benzene rings is 1. The maximum atomic E-state index is 5.54. The van der Waals surface area contributed by atoms with Crippen molar-refractivity contribution in [2.24, 2.45) is 5.92 Å². The molecule has 1 unspecified atom stereocenters. The molecule has 1 aromatic carbocycles. The van der Waals surface area contributed by atoms with Crippen LogP contribution in [0.5, 0.6) is 5.75 Å². The highest BCUT2D eigenvalue weighted by Gasteiger charge is 2.18. The molecule has 23 heavy (non-hydrogen) atoms. The van der Waals surface area contributed by atoms with E-state index < -0.39 is 0 Å². The predicted octanol–water partition coefficient (Wildman–Crippen LogP) is 3.76. The lowest BCUT2D eigenvalue weighted by Crippen LogP contribution is -2.37. The highest BCUT2D eigenvalue weighted by Crippen LogP contribution is 2.23. The van der Waals surface area contributed by atoms with Crippen LogP contribution in [-0.2, 0) is 13.1 Å². The average molecular weight is 330 g/mol. The van der Waals surface area contributed by atoms with Gasteiger partial charge in [0.2, 0.25) is 0 Å². The molecule has 3 rings (SSSR count). The van der Waals surface area contributed by atoms with Gasteiger partial charge in [-0.3, -0.25) is 4.90 Å². The number of nitrogens with one attached hydrogen (secondary N) is 1. The van der Waals surface area contributed by atoms with E-state index in [1.54, 1.807) is 7.11 Å². The first-order valence-electron chi connectivity index (χ1n) is 8.42. The predicted molar refractivity (Wildman–Crippen MR) is 97.0 cm³/mol. The Morgan fingerprint density at radius 1 is 1.22 bits per heavy atom. The topological polar surface area (TPSA) is 24.5 Å². The molecule has 0 spiro atoms. The summed E-state index contributed by atoms with van der Waals surface area (Å²) in [5, 5.41) is 5.70. The second kappa shape index (κ2) is 8.48. The fraction of sp³-hybridized carbons (Fsp3) is 0.474. The molecule has 124 valence electrons. The van der Waals surface area contributed by atoms with Crippen LogP contribution in [0.4, 0.5) is 0 Å². The van der Waals surface area contributed by atoms with Crippen LogP contribution in [0, 0.1) is 5.92 Å². The van der Waals surface area contributed by atoms with Crippen molar-refractivity contribution in [2.75, 3.05) is 26.7 Å². The molecule has 2 aromatic rings. The Balaban J connectivity index is 1.70. The summed E-state index contributed by atoms with van der Waals surface area (Å²) in [6.45, 7) is 5.42. The molecule has 0 aliphatic carbocycles. The normalized spacial score (nSPS) is 18.3. The zero-order chi connectivity index (χ0) is 15.9. The van der Waals surface area contributed by atoms with Crippen LogP contribution < -0.4 is 10.1 Å². The van der Waals surface area contributed by atoms with Gasteiger partial charge in [-0.15, -0.1) is 11.3 Å². The standard InChI is InChI=1S/C19H26N2OS/c1-22-19-9-3-2-7-17(19)14-21(15-18-8-5-11-23-18)13-16-6-4-10-20-12-16/h2-3,5,7-9,11,16,20H,4,6,10,12-15H2,1H3. The Hall–Kier alpha value is -1.36. The van der Waals surface area contributed by atoms with Gasteiger partial charge in [0.05, 0.1) is 7.11 Å². The molecule has 4 heteroatoms. The second-order valence-electron chi connectivity index (χ2n) is 6.27. The van der Waals surface area contributed by atoms with Crippen molar-refractivity contribution >= 4 is 11.3 Å². The summed E-state index contributed by atoms with van der Waals surface area (Å²) in [7, 11) is 1.76. The van der Waals surface area contributed by atoms with Crippen molar-refractivity contribution in [3.63, 3.8) is 0 Å². The van der Waals surface area contributed by atoms with E-state index in [1.165, 1.54) is 29.8 Å². The SMILES string of the molecule is COc1ccccc1CN(Cc1cccs1)CC1CCCNC1. The van der Waals surface area contributed by atoms with Crippen LogP contribution in [0.2, 0.25) is 0 Å². The van der Waals surface area contributed by atoms with Crippen molar-refractivity contribution in [1.29, 1.82) is 0 Å². The van der Waals surface area contributed by atoms with Gasteiger partial charge in [-0.2, -0.15) is 0 Å². The highest BCUT2D eigenvalue weighted by atomic mass is 32.1. The number of ether oxygens (including phenoxy) is 1. The van der Waals surface area contributed by atoms with Gasteiger partial charge in [-0.05, 0) is 49.4 Å². The minimum atomic E-state index is 0.749. The number of piperidine rings is 1. The van der Waals surface area contributed by atoms with Gasteiger partial charge in [-0.1, -0.05) is 24.3 Å². The molecule has 1 fully saturated rings. The zero-order valence-electron chi connectivity index (χ0n) is 13.8. The van der Waals surface area contributed by atoms with E-state index in [-0.39, 0.29) is 0 Å². The van der Waals surface area contributed by atoms with Crippen LogP contribution in [0.3, 0.4) is 0 Å². The average Bonchev–Trinajstić information content (AvgIpc) is 3.09. The summed E-state index contributed by atoms with van der Waals surface area (Å²) < 4.78 is 5.54. The number of nitrogens with zero attached hydrogens (tertiary/aromatic N) is 1. The molecule has 1 saturated heterocycles. The summed E-state index contributed by atoms with van der Waals surface area (Å²) in [6.07, 6.45) is 2.63. The van der Waals surface area contributed by atoms with E-state index in [0.717, 1.165) is 37.8 Å². The molecule has 1 aliphatic rings. The summed E-state index contributed by atoms with van der Waals surface area (Å²) in [4.78, 5) is 4.00.